The van der Waals surface area contributed by atoms with Gasteiger partial charge in [-0.3, -0.25) is 4.79 Å². The molecular weight excluding hydrogens is 414 g/mol. The summed E-state index contributed by atoms with van der Waals surface area (Å²) in [5, 5.41) is 18.7. The van der Waals surface area contributed by atoms with Crippen LogP contribution in [0.2, 0.25) is 0 Å². The van der Waals surface area contributed by atoms with Crippen molar-refractivity contribution in [2.45, 2.75) is 20.3 Å². The maximum Gasteiger partial charge on any atom is 0.278 e. The van der Waals surface area contributed by atoms with Crippen molar-refractivity contribution in [2.24, 2.45) is 0 Å². The van der Waals surface area contributed by atoms with Gasteiger partial charge in [0.15, 0.2) is 11.3 Å². The van der Waals surface area contributed by atoms with Gasteiger partial charge in [0.05, 0.1) is 24.1 Å². The van der Waals surface area contributed by atoms with E-state index in [-0.39, 0.29) is 11.6 Å². The van der Waals surface area contributed by atoms with Crippen molar-refractivity contribution < 1.29 is 9.53 Å². The van der Waals surface area contributed by atoms with Crippen molar-refractivity contribution in [3.05, 3.63) is 83.8 Å². The monoisotopic (exact) mass is 437 g/mol. The van der Waals surface area contributed by atoms with Crippen molar-refractivity contribution in [1.82, 2.24) is 19.8 Å². The van der Waals surface area contributed by atoms with E-state index in [9.17, 15) is 4.79 Å². The van der Waals surface area contributed by atoms with Crippen LogP contribution in [0.1, 0.15) is 28.8 Å². The number of benzene rings is 3. The Bertz CT molecular complexity index is 1500. The van der Waals surface area contributed by atoms with Crippen molar-refractivity contribution in [1.29, 1.82) is 0 Å². The summed E-state index contributed by atoms with van der Waals surface area (Å²) in [5.74, 6) is 0.306. The highest BCUT2D eigenvalue weighted by molar-refractivity contribution is 6.04. The van der Waals surface area contributed by atoms with Crippen molar-refractivity contribution in [2.75, 3.05) is 12.4 Å². The number of fused-ring (bicyclic) bond motifs is 2. The van der Waals surface area contributed by atoms with Crippen LogP contribution in [0, 0.1) is 6.92 Å². The topological polar surface area (TPSA) is 81.4 Å². The molecule has 0 atom stereocenters. The third-order valence-electron chi connectivity index (χ3n) is 5.78. The van der Waals surface area contributed by atoms with Crippen LogP contribution in [0.15, 0.2) is 66.7 Å². The third kappa shape index (κ3) is 3.57. The van der Waals surface area contributed by atoms with Crippen LogP contribution in [0.5, 0.6) is 5.75 Å². The number of aromatic nitrogens is 4. The summed E-state index contributed by atoms with van der Waals surface area (Å²) in [6.07, 6.45) is 0.729. The van der Waals surface area contributed by atoms with E-state index in [2.05, 4.69) is 46.7 Å². The molecule has 2 aromatic heterocycles. The minimum absolute atomic E-state index is 0.222. The van der Waals surface area contributed by atoms with Crippen LogP contribution >= 0.6 is 0 Å². The number of ether oxygens (including phenoxy) is 1. The highest BCUT2D eigenvalue weighted by atomic mass is 16.5. The molecule has 164 valence electrons. The summed E-state index contributed by atoms with van der Waals surface area (Å²) < 4.78 is 6.96. The minimum Gasteiger partial charge on any atom is -0.497 e. The molecule has 0 aliphatic rings. The van der Waals surface area contributed by atoms with E-state index < -0.39 is 0 Å². The van der Waals surface area contributed by atoms with E-state index in [1.165, 1.54) is 0 Å². The van der Waals surface area contributed by atoms with Crippen LogP contribution in [0.25, 0.3) is 27.5 Å². The number of hydrogen-bond donors (Lipinski definition) is 1. The lowest BCUT2D eigenvalue weighted by Gasteiger charge is -2.09. The minimum atomic E-state index is -0.351. The molecular formula is C26H23N5O2. The van der Waals surface area contributed by atoms with E-state index in [4.69, 9.17) is 9.84 Å². The van der Waals surface area contributed by atoms with Gasteiger partial charge >= 0.3 is 0 Å². The Morgan fingerprint density at radius 1 is 1.03 bits per heavy atom. The molecule has 0 radical (unpaired) electrons. The molecule has 0 bridgehead atoms. The van der Waals surface area contributed by atoms with Gasteiger partial charge in [-0.05, 0) is 41.8 Å². The number of nitrogens with zero attached hydrogens (tertiary/aromatic N) is 4. The molecule has 7 nitrogen and oxygen atoms in total. The largest absolute Gasteiger partial charge is 0.497 e. The summed E-state index contributed by atoms with van der Waals surface area (Å²) in [6, 6.07) is 21.6. The van der Waals surface area contributed by atoms with Gasteiger partial charge < -0.3 is 10.1 Å². The van der Waals surface area contributed by atoms with Gasteiger partial charge in [-0.1, -0.05) is 55.5 Å². The number of carbonyl (C=O) groups excluding carboxylic acids is 1. The zero-order valence-electron chi connectivity index (χ0n) is 18.7. The number of carbonyl (C=O) groups is 1. The predicted octanol–water partition coefficient (Wildman–Crippen LogP) is 5.08. The lowest BCUT2D eigenvalue weighted by atomic mass is 9.97. The van der Waals surface area contributed by atoms with E-state index in [0.717, 1.165) is 34.0 Å². The average Bonchev–Trinajstić information content (AvgIpc) is 3.23. The van der Waals surface area contributed by atoms with E-state index in [1.54, 1.807) is 23.8 Å². The highest BCUT2D eigenvalue weighted by Crippen LogP contribution is 2.34. The van der Waals surface area contributed by atoms with E-state index in [0.29, 0.717) is 22.8 Å². The summed E-state index contributed by atoms with van der Waals surface area (Å²) in [5.41, 5.74) is 5.02. The zero-order valence-corrected chi connectivity index (χ0v) is 18.7. The highest BCUT2D eigenvalue weighted by Gasteiger charge is 2.22. The van der Waals surface area contributed by atoms with Crippen molar-refractivity contribution in [3.8, 4) is 16.9 Å². The first kappa shape index (κ1) is 20.6. The van der Waals surface area contributed by atoms with Crippen LogP contribution in [0.3, 0.4) is 0 Å². The second-order valence-electron chi connectivity index (χ2n) is 7.76. The number of anilines is 1. The molecule has 0 aliphatic heterocycles. The maximum atomic E-state index is 13.0. The zero-order chi connectivity index (χ0) is 22.9. The van der Waals surface area contributed by atoms with Gasteiger partial charge in [-0.2, -0.15) is 5.10 Å². The normalized spacial score (nSPS) is 11.1. The lowest BCUT2D eigenvalue weighted by molar-refractivity contribution is 0.102. The molecule has 0 unspecified atom stereocenters. The first-order valence-corrected chi connectivity index (χ1v) is 10.8. The molecule has 0 spiro atoms. The standard InChI is InChI=1S/C26H23N5O2/c1-4-22-23(21-14-7-10-17-9-5-6-13-20(17)21)25-29-28-24(16(2)31(25)30-22)26(32)27-18-11-8-12-19(15-18)33-3/h5-15H,4H2,1-3H3,(H,27,32). The Morgan fingerprint density at radius 3 is 2.64 bits per heavy atom. The van der Waals surface area contributed by atoms with Gasteiger partial charge in [-0.15, -0.1) is 10.2 Å². The number of amides is 1. The quantitative estimate of drug-likeness (QED) is 0.415. The van der Waals surface area contributed by atoms with Gasteiger partial charge in [0, 0.05) is 11.8 Å². The fourth-order valence-electron chi connectivity index (χ4n) is 4.12. The molecule has 5 aromatic rings. The molecule has 3 aromatic carbocycles. The molecule has 0 fully saturated rings. The number of nitrogens with one attached hydrogen (secondary N) is 1. The molecule has 33 heavy (non-hydrogen) atoms. The smallest absolute Gasteiger partial charge is 0.278 e. The van der Waals surface area contributed by atoms with Crippen LogP contribution in [0.4, 0.5) is 5.69 Å². The SMILES string of the molecule is CCc1nn2c(C)c(C(=O)Nc3cccc(OC)c3)nnc2c1-c1cccc2ccccc12. The number of hydrogen-bond acceptors (Lipinski definition) is 5. The Hall–Kier alpha value is -4.26. The van der Waals surface area contributed by atoms with Crippen LogP contribution in [-0.4, -0.2) is 32.8 Å². The molecule has 0 saturated heterocycles. The number of aryl methyl sites for hydroxylation is 2. The molecule has 0 saturated carbocycles. The Morgan fingerprint density at radius 2 is 1.82 bits per heavy atom. The van der Waals surface area contributed by atoms with Gasteiger partial charge in [0.1, 0.15) is 5.75 Å². The van der Waals surface area contributed by atoms with Gasteiger partial charge in [-0.25, -0.2) is 4.52 Å². The van der Waals surface area contributed by atoms with Crippen LogP contribution < -0.4 is 10.1 Å². The molecule has 2 heterocycles. The van der Waals surface area contributed by atoms with Crippen LogP contribution in [-0.2, 0) is 6.42 Å². The maximum absolute atomic E-state index is 13.0. The Labute approximate surface area is 191 Å². The van der Waals surface area contributed by atoms with Gasteiger partial charge in [0.25, 0.3) is 5.91 Å². The van der Waals surface area contributed by atoms with Crippen molar-refractivity contribution >= 4 is 28.0 Å². The van der Waals surface area contributed by atoms with Crippen molar-refractivity contribution in [3.63, 3.8) is 0 Å². The molecule has 5 rings (SSSR count). The summed E-state index contributed by atoms with van der Waals surface area (Å²) in [6.45, 7) is 3.90. The number of methoxy groups -OCH3 is 1. The Balaban J connectivity index is 1.61. The molecule has 1 N–H and O–H groups in total. The fraction of sp³-hybridized carbons (Fsp3) is 0.154. The summed E-state index contributed by atoms with van der Waals surface area (Å²) in [7, 11) is 1.58. The van der Waals surface area contributed by atoms with Gasteiger partial charge in [0.2, 0.25) is 0 Å². The third-order valence-corrected chi connectivity index (χ3v) is 5.78. The molecule has 7 heteroatoms. The molecule has 1 amide bonds. The first-order valence-electron chi connectivity index (χ1n) is 10.8. The second-order valence-corrected chi connectivity index (χ2v) is 7.76. The summed E-state index contributed by atoms with van der Waals surface area (Å²) >= 11 is 0. The second kappa shape index (κ2) is 8.35. The molecule has 0 aliphatic carbocycles. The fourth-order valence-corrected chi connectivity index (χ4v) is 4.12. The van der Waals surface area contributed by atoms with E-state index >= 15 is 0 Å². The Kier molecular flexibility index (Phi) is 5.22. The van der Waals surface area contributed by atoms with E-state index in [1.807, 2.05) is 37.3 Å². The average molecular weight is 438 g/mol. The lowest BCUT2D eigenvalue weighted by Crippen LogP contribution is -2.18. The first-order chi connectivity index (χ1) is 16.1. The number of rotatable bonds is 5. The summed E-state index contributed by atoms with van der Waals surface area (Å²) in [4.78, 5) is 13.0. The predicted molar refractivity (Wildman–Crippen MR) is 129 cm³/mol.